The van der Waals surface area contributed by atoms with Crippen molar-refractivity contribution >= 4 is 10.0 Å². The summed E-state index contributed by atoms with van der Waals surface area (Å²) in [5, 5.41) is 3.08. The van der Waals surface area contributed by atoms with Gasteiger partial charge in [0.25, 0.3) is 0 Å². The molecule has 0 bridgehead atoms. The third-order valence-corrected chi connectivity index (χ3v) is 6.59. The van der Waals surface area contributed by atoms with Gasteiger partial charge in [0.2, 0.25) is 10.0 Å². The Kier molecular flexibility index (Phi) is 4.76. The summed E-state index contributed by atoms with van der Waals surface area (Å²) in [7, 11) is -1.52. The third-order valence-electron chi connectivity index (χ3n) is 4.63. The van der Waals surface area contributed by atoms with Crippen molar-refractivity contribution in [2.75, 3.05) is 20.1 Å². The van der Waals surface area contributed by atoms with Crippen molar-refractivity contribution in [3.63, 3.8) is 0 Å². The van der Waals surface area contributed by atoms with E-state index in [4.69, 9.17) is 0 Å². The molecule has 2 rings (SSSR count). The maximum absolute atomic E-state index is 13.0. The van der Waals surface area contributed by atoms with Crippen molar-refractivity contribution in [2.24, 2.45) is 11.8 Å². The van der Waals surface area contributed by atoms with E-state index in [1.165, 1.54) is 0 Å². The molecule has 21 heavy (non-hydrogen) atoms. The zero-order valence-corrected chi connectivity index (χ0v) is 14.4. The summed E-state index contributed by atoms with van der Waals surface area (Å²) in [4.78, 5) is 0.467. The van der Waals surface area contributed by atoms with Crippen molar-refractivity contribution in [1.29, 1.82) is 0 Å². The molecule has 0 saturated carbocycles. The lowest BCUT2D eigenvalue weighted by Gasteiger charge is -2.19. The second kappa shape index (κ2) is 6.07. The standard InChI is InChI=1S/C16H26N2O2S/c1-11-6-15(8-17-5)7-16(14(11)4)21(19,20)18-9-12(2)13(3)10-18/h6-7,12-13,17H,8-10H2,1-5H3. The van der Waals surface area contributed by atoms with Crippen LogP contribution in [0, 0.1) is 25.7 Å². The summed E-state index contributed by atoms with van der Waals surface area (Å²) < 4.78 is 27.6. The Morgan fingerprint density at radius 3 is 2.29 bits per heavy atom. The molecule has 1 fully saturated rings. The maximum Gasteiger partial charge on any atom is 0.243 e. The molecule has 118 valence electrons. The minimum Gasteiger partial charge on any atom is -0.316 e. The zero-order chi connectivity index (χ0) is 15.8. The normalized spacial score (nSPS) is 23.7. The van der Waals surface area contributed by atoms with Crippen LogP contribution in [0.3, 0.4) is 0 Å². The van der Waals surface area contributed by atoms with Gasteiger partial charge in [0.1, 0.15) is 0 Å². The number of hydrogen-bond acceptors (Lipinski definition) is 3. The van der Waals surface area contributed by atoms with Gasteiger partial charge in [-0.1, -0.05) is 19.9 Å². The molecule has 2 atom stereocenters. The van der Waals surface area contributed by atoms with E-state index in [-0.39, 0.29) is 0 Å². The van der Waals surface area contributed by atoms with Gasteiger partial charge in [0.15, 0.2) is 0 Å². The Labute approximate surface area is 128 Å². The molecule has 1 aliphatic heterocycles. The van der Waals surface area contributed by atoms with Crippen LogP contribution in [-0.2, 0) is 16.6 Å². The molecule has 0 spiro atoms. The van der Waals surface area contributed by atoms with E-state index >= 15 is 0 Å². The Bertz CT molecular complexity index is 615. The first-order valence-electron chi connectivity index (χ1n) is 7.52. The van der Waals surface area contributed by atoms with Crippen LogP contribution >= 0.6 is 0 Å². The molecule has 4 nitrogen and oxygen atoms in total. The van der Waals surface area contributed by atoms with Gasteiger partial charge in [-0.25, -0.2) is 8.42 Å². The molecule has 2 unspecified atom stereocenters. The molecule has 1 saturated heterocycles. The first-order valence-corrected chi connectivity index (χ1v) is 8.96. The summed E-state index contributed by atoms with van der Waals surface area (Å²) in [6.45, 7) is 10.0. The monoisotopic (exact) mass is 310 g/mol. The minimum absolute atomic E-state index is 0.418. The third kappa shape index (κ3) is 3.15. The van der Waals surface area contributed by atoms with Gasteiger partial charge >= 0.3 is 0 Å². The van der Waals surface area contributed by atoms with Crippen LogP contribution in [-0.4, -0.2) is 32.9 Å². The van der Waals surface area contributed by atoms with Crippen molar-refractivity contribution in [1.82, 2.24) is 9.62 Å². The van der Waals surface area contributed by atoms with E-state index in [2.05, 4.69) is 25.2 Å². The SMILES string of the molecule is CNCc1cc(C)c(C)c(S(=O)(=O)N2CC(C)C(C)C2)c1. The lowest BCUT2D eigenvalue weighted by Crippen LogP contribution is -2.30. The Balaban J connectivity index is 2.45. The van der Waals surface area contributed by atoms with E-state index in [1.807, 2.05) is 27.0 Å². The summed E-state index contributed by atoms with van der Waals surface area (Å²) >= 11 is 0. The Morgan fingerprint density at radius 1 is 1.19 bits per heavy atom. The fraction of sp³-hybridized carbons (Fsp3) is 0.625. The van der Waals surface area contributed by atoms with Gasteiger partial charge in [-0.15, -0.1) is 0 Å². The number of benzene rings is 1. The first-order chi connectivity index (χ1) is 9.77. The van der Waals surface area contributed by atoms with E-state index in [1.54, 1.807) is 4.31 Å². The number of nitrogens with one attached hydrogen (secondary N) is 1. The van der Waals surface area contributed by atoms with E-state index in [9.17, 15) is 8.42 Å². The summed E-state index contributed by atoms with van der Waals surface area (Å²) in [6.07, 6.45) is 0. The van der Waals surface area contributed by atoms with E-state index < -0.39 is 10.0 Å². The molecule has 1 aliphatic rings. The van der Waals surface area contributed by atoms with Crippen LogP contribution < -0.4 is 5.32 Å². The highest BCUT2D eigenvalue weighted by molar-refractivity contribution is 7.89. The number of nitrogens with zero attached hydrogens (tertiary/aromatic N) is 1. The molecule has 1 heterocycles. The van der Waals surface area contributed by atoms with Crippen molar-refractivity contribution < 1.29 is 8.42 Å². The highest BCUT2D eigenvalue weighted by atomic mass is 32.2. The fourth-order valence-corrected chi connectivity index (χ4v) is 4.87. The van der Waals surface area contributed by atoms with Crippen LogP contribution in [0.4, 0.5) is 0 Å². The number of aryl methyl sites for hydroxylation is 1. The Hall–Kier alpha value is -0.910. The van der Waals surface area contributed by atoms with Crippen molar-refractivity contribution in [3.8, 4) is 0 Å². The summed E-state index contributed by atoms with van der Waals surface area (Å²) in [5.41, 5.74) is 2.91. The van der Waals surface area contributed by atoms with Gasteiger partial charge in [-0.3, -0.25) is 0 Å². The lowest BCUT2D eigenvalue weighted by molar-refractivity contribution is 0.462. The molecule has 1 aromatic carbocycles. The zero-order valence-electron chi connectivity index (χ0n) is 13.6. The quantitative estimate of drug-likeness (QED) is 0.928. The van der Waals surface area contributed by atoms with Crippen LogP contribution in [0.25, 0.3) is 0 Å². The second-order valence-electron chi connectivity index (χ2n) is 6.34. The highest BCUT2D eigenvalue weighted by Gasteiger charge is 2.35. The highest BCUT2D eigenvalue weighted by Crippen LogP contribution is 2.30. The Morgan fingerprint density at radius 2 is 1.76 bits per heavy atom. The lowest BCUT2D eigenvalue weighted by atomic mass is 10.0. The van der Waals surface area contributed by atoms with Gasteiger partial charge < -0.3 is 5.32 Å². The fourth-order valence-electron chi connectivity index (χ4n) is 2.89. The van der Waals surface area contributed by atoms with Crippen LogP contribution in [0.5, 0.6) is 0 Å². The van der Waals surface area contributed by atoms with Gasteiger partial charge in [0.05, 0.1) is 4.90 Å². The average Bonchev–Trinajstić information content (AvgIpc) is 2.74. The van der Waals surface area contributed by atoms with Crippen molar-refractivity contribution in [3.05, 3.63) is 28.8 Å². The predicted octanol–water partition coefficient (Wildman–Crippen LogP) is 2.30. The average molecular weight is 310 g/mol. The number of hydrogen-bond donors (Lipinski definition) is 1. The molecule has 0 radical (unpaired) electrons. The van der Waals surface area contributed by atoms with Crippen LogP contribution in [0.1, 0.15) is 30.5 Å². The minimum atomic E-state index is -3.39. The number of rotatable bonds is 4. The van der Waals surface area contributed by atoms with E-state index in [0.717, 1.165) is 16.7 Å². The van der Waals surface area contributed by atoms with E-state index in [0.29, 0.717) is 36.4 Å². The van der Waals surface area contributed by atoms with Gasteiger partial charge in [-0.05, 0) is 55.5 Å². The molecule has 5 heteroatoms. The second-order valence-corrected chi connectivity index (χ2v) is 8.25. The van der Waals surface area contributed by atoms with Gasteiger partial charge in [0, 0.05) is 19.6 Å². The maximum atomic E-state index is 13.0. The molecule has 0 aliphatic carbocycles. The molecule has 0 aromatic heterocycles. The largest absolute Gasteiger partial charge is 0.316 e. The summed E-state index contributed by atoms with van der Waals surface area (Å²) in [5.74, 6) is 0.836. The molecular weight excluding hydrogens is 284 g/mol. The molecule has 1 aromatic rings. The number of sulfonamides is 1. The molecular formula is C16H26N2O2S. The predicted molar refractivity (Wildman–Crippen MR) is 85.8 cm³/mol. The molecule has 1 N–H and O–H groups in total. The molecule has 0 amide bonds. The van der Waals surface area contributed by atoms with Crippen LogP contribution in [0.2, 0.25) is 0 Å². The first kappa shape index (κ1) is 16.5. The smallest absolute Gasteiger partial charge is 0.243 e. The summed E-state index contributed by atoms with van der Waals surface area (Å²) in [6, 6.07) is 3.88. The topological polar surface area (TPSA) is 49.4 Å². The van der Waals surface area contributed by atoms with Crippen molar-refractivity contribution in [2.45, 2.75) is 39.1 Å². The van der Waals surface area contributed by atoms with Crippen LogP contribution in [0.15, 0.2) is 17.0 Å². The van der Waals surface area contributed by atoms with Gasteiger partial charge in [-0.2, -0.15) is 4.31 Å².